The first kappa shape index (κ1) is 12.6. The van der Waals surface area contributed by atoms with Crippen LogP contribution in [0.4, 0.5) is 0 Å². The average Bonchev–Trinajstić information content (AvgIpc) is 2.85. The molecule has 0 unspecified atom stereocenters. The highest BCUT2D eigenvalue weighted by Crippen LogP contribution is 2.16. The van der Waals surface area contributed by atoms with Crippen LogP contribution in [0.3, 0.4) is 0 Å². The fourth-order valence-corrected chi connectivity index (χ4v) is 2.05. The van der Waals surface area contributed by atoms with E-state index in [1.807, 2.05) is 18.2 Å². The van der Waals surface area contributed by atoms with Crippen molar-refractivity contribution < 1.29 is 9.90 Å². The molecule has 2 aromatic rings. The molecule has 1 aromatic heterocycles. The van der Waals surface area contributed by atoms with Crippen molar-refractivity contribution in [2.45, 2.75) is 19.3 Å². The van der Waals surface area contributed by atoms with Crippen molar-refractivity contribution in [2.75, 3.05) is 13.1 Å². The Hall–Kier alpha value is -1.81. The van der Waals surface area contributed by atoms with Crippen molar-refractivity contribution in [3.63, 3.8) is 0 Å². The van der Waals surface area contributed by atoms with E-state index < -0.39 is 5.97 Å². The van der Waals surface area contributed by atoms with Gasteiger partial charge in [-0.15, -0.1) is 0 Å². The van der Waals surface area contributed by atoms with Crippen LogP contribution in [0.5, 0.6) is 0 Å². The summed E-state index contributed by atoms with van der Waals surface area (Å²) in [4.78, 5) is 13.5. The number of para-hydroxylation sites is 1. The largest absolute Gasteiger partial charge is 0.478 e. The molecule has 3 N–H and O–H groups in total. The first-order valence-corrected chi connectivity index (χ1v) is 6.29. The minimum absolute atomic E-state index is 0.325. The summed E-state index contributed by atoms with van der Waals surface area (Å²) < 4.78 is 0. The lowest BCUT2D eigenvalue weighted by Crippen LogP contribution is -2.21. The van der Waals surface area contributed by atoms with Gasteiger partial charge in [-0.25, -0.2) is 4.79 Å². The van der Waals surface area contributed by atoms with Crippen molar-refractivity contribution in [3.05, 3.63) is 36.0 Å². The molecular weight excluding hydrogens is 228 g/mol. The van der Waals surface area contributed by atoms with E-state index in [1.54, 1.807) is 6.07 Å². The van der Waals surface area contributed by atoms with Gasteiger partial charge in [-0.2, -0.15) is 0 Å². The highest BCUT2D eigenvalue weighted by molar-refractivity contribution is 6.02. The Bertz CT molecular complexity index is 504. The number of hydrogen-bond donors (Lipinski definition) is 3. The molecule has 2 heterocycles. The third kappa shape index (κ3) is 3.11. The van der Waals surface area contributed by atoms with Crippen molar-refractivity contribution >= 4 is 16.9 Å². The van der Waals surface area contributed by atoms with Crippen LogP contribution in [0.15, 0.2) is 30.5 Å². The van der Waals surface area contributed by atoms with Crippen LogP contribution in [-0.4, -0.2) is 29.1 Å². The van der Waals surface area contributed by atoms with E-state index in [1.165, 1.54) is 38.5 Å². The lowest BCUT2D eigenvalue weighted by atomic mass is 10.2. The third-order valence-electron chi connectivity index (χ3n) is 3.03. The number of carboxylic acid groups (broad SMARTS) is 1. The van der Waals surface area contributed by atoms with E-state index in [-0.39, 0.29) is 0 Å². The van der Waals surface area contributed by atoms with E-state index in [0.717, 1.165) is 10.9 Å². The van der Waals surface area contributed by atoms with E-state index >= 15 is 0 Å². The number of hydrogen-bond acceptors (Lipinski definition) is 2. The summed E-state index contributed by atoms with van der Waals surface area (Å²) >= 11 is 0. The molecule has 1 fully saturated rings. The lowest BCUT2D eigenvalue weighted by molar-refractivity contribution is 0.0699. The molecule has 96 valence electrons. The number of aromatic nitrogens is 1. The maximum atomic E-state index is 10.7. The molecule has 1 aliphatic heterocycles. The Morgan fingerprint density at radius 3 is 2.39 bits per heavy atom. The van der Waals surface area contributed by atoms with Gasteiger partial charge in [0.2, 0.25) is 0 Å². The predicted molar refractivity (Wildman–Crippen MR) is 72.0 cm³/mol. The van der Waals surface area contributed by atoms with E-state index in [4.69, 9.17) is 5.11 Å². The first-order valence-electron chi connectivity index (χ1n) is 6.29. The second-order valence-electron chi connectivity index (χ2n) is 4.36. The fourth-order valence-electron chi connectivity index (χ4n) is 2.05. The molecule has 0 amide bonds. The quantitative estimate of drug-likeness (QED) is 0.724. The van der Waals surface area contributed by atoms with Gasteiger partial charge in [0, 0.05) is 17.1 Å². The molecule has 0 aliphatic carbocycles. The normalized spacial score (nSPS) is 14.9. The predicted octanol–water partition coefficient (Wildman–Crippen LogP) is 2.63. The molecule has 1 saturated heterocycles. The first-order chi connectivity index (χ1) is 8.79. The summed E-state index contributed by atoms with van der Waals surface area (Å²) in [6, 6.07) is 7.32. The number of fused-ring (bicyclic) bond motifs is 1. The summed E-state index contributed by atoms with van der Waals surface area (Å²) in [6.45, 7) is 2.50. The Kier molecular flexibility index (Phi) is 4.36. The highest BCUT2D eigenvalue weighted by atomic mass is 16.4. The van der Waals surface area contributed by atoms with Gasteiger partial charge in [0.25, 0.3) is 0 Å². The number of piperidine rings is 1. The third-order valence-corrected chi connectivity index (χ3v) is 3.03. The van der Waals surface area contributed by atoms with Gasteiger partial charge in [0.05, 0.1) is 5.56 Å². The molecule has 18 heavy (non-hydrogen) atoms. The van der Waals surface area contributed by atoms with Gasteiger partial charge in [0.15, 0.2) is 0 Å². The van der Waals surface area contributed by atoms with Gasteiger partial charge in [-0.1, -0.05) is 24.6 Å². The number of carbonyl (C=O) groups is 1. The number of H-pyrrole nitrogens is 1. The molecular formula is C14H18N2O2. The van der Waals surface area contributed by atoms with E-state index in [0.29, 0.717) is 5.56 Å². The van der Waals surface area contributed by atoms with Crippen LogP contribution >= 0.6 is 0 Å². The number of nitrogens with one attached hydrogen (secondary N) is 2. The number of carboxylic acids is 1. The van der Waals surface area contributed by atoms with Gasteiger partial charge in [-0.05, 0) is 32.0 Å². The van der Waals surface area contributed by atoms with E-state index in [2.05, 4.69) is 10.3 Å². The van der Waals surface area contributed by atoms with Crippen molar-refractivity contribution in [2.24, 2.45) is 0 Å². The van der Waals surface area contributed by atoms with Gasteiger partial charge in [0.1, 0.15) is 0 Å². The molecule has 0 bridgehead atoms. The minimum atomic E-state index is -0.896. The molecule has 0 saturated carbocycles. The van der Waals surface area contributed by atoms with Crippen LogP contribution in [-0.2, 0) is 0 Å². The number of aromatic amines is 1. The molecule has 4 nitrogen and oxygen atoms in total. The van der Waals surface area contributed by atoms with Gasteiger partial charge < -0.3 is 15.4 Å². The molecule has 1 aromatic carbocycles. The summed E-state index contributed by atoms with van der Waals surface area (Å²) in [5.41, 5.74) is 1.18. The fraction of sp³-hybridized carbons (Fsp3) is 0.357. The Balaban J connectivity index is 0.000000169. The Morgan fingerprint density at radius 2 is 1.83 bits per heavy atom. The molecule has 0 radical (unpaired) electrons. The number of aromatic carboxylic acids is 1. The highest BCUT2D eigenvalue weighted by Gasteiger charge is 2.08. The second-order valence-corrected chi connectivity index (χ2v) is 4.36. The summed E-state index contributed by atoms with van der Waals surface area (Å²) in [5.74, 6) is -0.896. The molecule has 1 aliphatic rings. The average molecular weight is 246 g/mol. The molecule has 4 heteroatoms. The zero-order valence-corrected chi connectivity index (χ0v) is 10.3. The molecule has 0 atom stereocenters. The number of rotatable bonds is 1. The smallest absolute Gasteiger partial charge is 0.337 e. The standard InChI is InChI=1S/C9H7NO2.C5H11N/c11-9(12)7-5-10-8-4-2-1-3-6(7)8;1-2-4-6-5-3-1/h1-5,10H,(H,11,12);6H,1-5H2. The molecule has 0 spiro atoms. The topological polar surface area (TPSA) is 65.1 Å². The Labute approximate surface area is 106 Å². The van der Waals surface area contributed by atoms with Crippen LogP contribution in [0.2, 0.25) is 0 Å². The van der Waals surface area contributed by atoms with Gasteiger partial charge in [-0.3, -0.25) is 0 Å². The van der Waals surface area contributed by atoms with Gasteiger partial charge >= 0.3 is 5.97 Å². The maximum Gasteiger partial charge on any atom is 0.337 e. The zero-order chi connectivity index (χ0) is 12.8. The Morgan fingerprint density at radius 1 is 1.11 bits per heavy atom. The van der Waals surface area contributed by atoms with Crippen LogP contribution in [0.1, 0.15) is 29.6 Å². The zero-order valence-electron chi connectivity index (χ0n) is 10.3. The lowest BCUT2D eigenvalue weighted by Gasteiger charge is -2.08. The summed E-state index contributed by atoms with van der Waals surface area (Å²) in [6.07, 6.45) is 5.72. The van der Waals surface area contributed by atoms with Crippen LogP contribution < -0.4 is 5.32 Å². The SMILES string of the molecule is C1CCNCC1.O=C(O)c1c[nH]c2ccccc12. The minimum Gasteiger partial charge on any atom is -0.478 e. The van der Waals surface area contributed by atoms with Crippen molar-refractivity contribution in [3.8, 4) is 0 Å². The number of benzene rings is 1. The molecule has 3 rings (SSSR count). The van der Waals surface area contributed by atoms with Crippen LogP contribution in [0.25, 0.3) is 10.9 Å². The maximum absolute atomic E-state index is 10.7. The summed E-state index contributed by atoms with van der Waals surface area (Å²) in [7, 11) is 0. The van der Waals surface area contributed by atoms with E-state index in [9.17, 15) is 4.79 Å². The second kappa shape index (κ2) is 6.21. The van der Waals surface area contributed by atoms with Crippen molar-refractivity contribution in [1.29, 1.82) is 0 Å². The van der Waals surface area contributed by atoms with Crippen molar-refractivity contribution in [1.82, 2.24) is 10.3 Å². The van der Waals surface area contributed by atoms with Crippen LogP contribution in [0, 0.1) is 0 Å². The monoisotopic (exact) mass is 246 g/mol. The summed E-state index contributed by atoms with van der Waals surface area (Å²) in [5, 5.41) is 12.8.